The largest absolute Gasteiger partial charge is 0.303 e. The van der Waals surface area contributed by atoms with Gasteiger partial charge in [0.05, 0.1) is 27.2 Å². The summed E-state index contributed by atoms with van der Waals surface area (Å²) >= 11 is 1.05. The fraction of sp³-hybridized carbons (Fsp3) is 0.583. The zero-order chi connectivity index (χ0) is 15.3. The van der Waals surface area contributed by atoms with Crippen LogP contribution in [0.5, 0.6) is 0 Å². The van der Waals surface area contributed by atoms with Crippen molar-refractivity contribution in [3.05, 3.63) is 18.7 Å². The third kappa shape index (κ3) is 3.47. The van der Waals surface area contributed by atoms with E-state index in [1.807, 2.05) is 0 Å². The van der Waals surface area contributed by atoms with Gasteiger partial charge in [0, 0.05) is 26.0 Å². The number of aromatic nitrogens is 4. The second-order valence-corrected chi connectivity index (χ2v) is 7.39. The van der Waals surface area contributed by atoms with Crippen LogP contribution in [0.2, 0.25) is 0 Å². The normalized spacial score (nSPS) is 14.3. The van der Waals surface area contributed by atoms with Crippen LogP contribution in [0.15, 0.2) is 28.1 Å². The van der Waals surface area contributed by atoms with E-state index in [0.717, 1.165) is 31.4 Å². The van der Waals surface area contributed by atoms with Gasteiger partial charge in [-0.25, -0.2) is 13.6 Å². The zero-order valence-electron chi connectivity index (χ0n) is 12.5. The number of hydrogen-bond donors (Lipinski definition) is 0. The molecule has 0 N–H and O–H groups in total. The Labute approximate surface area is 129 Å². The Kier molecular flexibility index (Phi) is 5.43. The van der Waals surface area contributed by atoms with Crippen LogP contribution >= 0.6 is 11.7 Å². The van der Waals surface area contributed by atoms with Crippen molar-refractivity contribution in [2.45, 2.75) is 18.9 Å². The molecule has 9 heteroatoms. The van der Waals surface area contributed by atoms with E-state index in [0.29, 0.717) is 16.6 Å². The van der Waals surface area contributed by atoms with E-state index >= 15 is 0 Å². The number of rotatable bonds is 7. The molecule has 2 aromatic rings. The molecule has 2 rings (SSSR count). The first-order valence-electron chi connectivity index (χ1n) is 6.80. The maximum absolute atomic E-state index is 13.1. The summed E-state index contributed by atoms with van der Waals surface area (Å²) in [5.74, 6) is 1.02. The van der Waals surface area contributed by atoms with Crippen LogP contribution < -0.4 is 0 Å². The molecule has 0 aliphatic heterocycles. The van der Waals surface area contributed by atoms with Gasteiger partial charge in [-0.2, -0.15) is 8.75 Å². The van der Waals surface area contributed by atoms with Gasteiger partial charge in [0.2, 0.25) is 0 Å². The second kappa shape index (κ2) is 7.10. The topological polar surface area (TPSA) is 76.3 Å². The van der Waals surface area contributed by atoms with Crippen molar-refractivity contribution >= 4 is 21.5 Å². The Morgan fingerprint density at radius 3 is 2.71 bits per heavy atom. The van der Waals surface area contributed by atoms with Crippen LogP contribution in [0.3, 0.4) is 0 Å². The number of nitrogens with zero attached hydrogens (tertiary/aromatic N) is 6. The van der Waals surface area contributed by atoms with Crippen LogP contribution in [0.4, 0.5) is 0 Å². The number of imidazole rings is 1. The summed E-state index contributed by atoms with van der Waals surface area (Å²) in [4.78, 5) is 6.22. The van der Waals surface area contributed by atoms with E-state index in [4.69, 9.17) is 0 Å². The van der Waals surface area contributed by atoms with Crippen LogP contribution in [-0.4, -0.2) is 59.8 Å². The van der Waals surface area contributed by atoms with Gasteiger partial charge < -0.3 is 4.90 Å². The summed E-state index contributed by atoms with van der Waals surface area (Å²) in [7, 11) is -0.978. The van der Waals surface area contributed by atoms with E-state index in [2.05, 4.69) is 36.8 Å². The first-order chi connectivity index (χ1) is 10.1. The molecule has 1 unspecified atom stereocenters. The van der Waals surface area contributed by atoms with Crippen molar-refractivity contribution in [1.82, 2.24) is 23.2 Å². The minimum atomic E-state index is -2.56. The molecule has 0 bridgehead atoms. The van der Waals surface area contributed by atoms with Crippen molar-refractivity contribution < 1.29 is 4.21 Å². The quantitative estimate of drug-likeness (QED) is 0.770. The van der Waals surface area contributed by atoms with E-state index < -0.39 is 9.73 Å². The van der Waals surface area contributed by atoms with Gasteiger partial charge in [-0.3, -0.25) is 4.57 Å². The van der Waals surface area contributed by atoms with Crippen molar-refractivity contribution in [3.63, 3.8) is 0 Å². The van der Waals surface area contributed by atoms with Crippen molar-refractivity contribution in [3.8, 4) is 5.82 Å². The molecule has 0 fully saturated rings. The van der Waals surface area contributed by atoms with Gasteiger partial charge in [0.15, 0.2) is 10.8 Å². The Balaban J connectivity index is 2.30. The smallest absolute Gasteiger partial charge is 0.194 e. The molecule has 21 heavy (non-hydrogen) atoms. The highest BCUT2D eigenvalue weighted by Crippen LogP contribution is 2.20. The third-order valence-corrected chi connectivity index (χ3v) is 6.21. The maximum Gasteiger partial charge on any atom is 0.194 e. The molecular formula is C12H20N6OS2. The van der Waals surface area contributed by atoms with Crippen LogP contribution in [0, 0.1) is 0 Å². The van der Waals surface area contributed by atoms with Gasteiger partial charge in [0.1, 0.15) is 6.33 Å². The molecule has 0 amide bonds. The molecule has 2 heterocycles. The molecule has 0 saturated carbocycles. The molecule has 0 saturated heterocycles. The van der Waals surface area contributed by atoms with E-state index in [1.165, 1.54) is 0 Å². The second-order valence-electron chi connectivity index (χ2n) is 4.42. The molecule has 116 valence electrons. The van der Waals surface area contributed by atoms with Gasteiger partial charge in [0.25, 0.3) is 0 Å². The summed E-state index contributed by atoms with van der Waals surface area (Å²) < 4.78 is 27.5. The minimum absolute atomic E-state index is 0.457. The van der Waals surface area contributed by atoms with E-state index in [-0.39, 0.29) is 0 Å². The Morgan fingerprint density at radius 1 is 1.38 bits per heavy atom. The molecule has 0 radical (unpaired) electrons. The molecule has 0 aliphatic carbocycles. The van der Waals surface area contributed by atoms with Gasteiger partial charge in [-0.15, -0.1) is 0 Å². The lowest BCUT2D eigenvalue weighted by Gasteiger charge is -2.18. The highest BCUT2D eigenvalue weighted by atomic mass is 32.2. The fourth-order valence-corrected chi connectivity index (χ4v) is 4.56. The Morgan fingerprint density at radius 2 is 2.14 bits per heavy atom. The average molecular weight is 328 g/mol. The molecular weight excluding hydrogens is 308 g/mol. The molecule has 0 spiro atoms. The zero-order valence-corrected chi connectivity index (χ0v) is 14.1. The van der Waals surface area contributed by atoms with Crippen LogP contribution in [0.1, 0.15) is 13.8 Å². The van der Waals surface area contributed by atoms with E-state index in [9.17, 15) is 4.21 Å². The minimum Gasteiger partial charge on any atom is -0.303 e. The van der Waals surface area contributed by atoms with Gasteiger partial charge in [-0.05, 0) is 13.1 Å². The summed E-state index contributed by atoms with van der Waals surface area (Å²) in [6, 6.07) is 0. The molecule has 2 aromatic heterocycles. The maximum atomic E-state index is 13.1. The lowest BCUT2D eigenvalue weighted by molar-refractivity contribution is 0.322. The van der Waals surface area contributed by atoms with Crippen molar-refractivity contribution in [2.24, 2.45) is 4.36 Å². The Hall–Kier alpha value is -1.32. The summed E-state index contributed by atoms with van der Waals surface area (Å²) in [5, 5.41) is 0.458. The molecule has 0 aliphatic rings. The first-order valence-corrected chi connectivity index (χ1v) is 9.22. The van der Waals surface area contributed by atoms with E-state index in [1.54, 1.807) is 30.3 Å². The summed E-state index contributed by atoms with van der Waals surface area (Å²) in [6.45, 7) is 6.77. The van der Waals surface area contributed by atoms with Crippen LogP contribution in [0.25, 0.3) is 5.82 Å². The monoisotopic (exact) mass is 328 g/mol. The molecule has 7 nitrogen and oxygen atoms in total. The van der Waals surface area contributed by atoms with Gasteiger partial charge >= 0.3 is 0 Å². The van der Waals surface area contributed by atoms with Gasteiger partial charge in [-0.1, -0.05) is 13.8 Å². The summed E-state index contributed by atoms with van der Waals surface area (Å²) in [6.07, 6.45) is 5.05. The SMILES string of the molecule is CCN(CC)CCS(=O)(=NC)c1nsnc1-n1ccnc1. The highest BCUT2D eigenvalue weighted by molar-refractivity contribution is 7.93. The third-order valence-electron chi connectivity index (χ3n) is 3.37. The lowest BCUT2D eigenvalue weighted by atomic mass is 10.5. The van der Waals surface area contributed by atoms with Crippen molar-refractivity contribution in [1.29, 1.82) is 0 Å². The fourth-order valence-electron chi connectivity index (χ4n) is 1.99. The highest BCUT2D eigenvalue weighted by Gasteiger charge is 2.22. The first kappa shape index (κ1) is 16.1. The number of hydrogen-bond acceptors (Lipinski definition) is 7. The standard InChI is InChI=1S/C12H20N6OS2/c1-4-17(5-2)8-9-21(19,13-3)12-11(15-20-16-12)18-7-6-14-10-18/h6-7,10H,4-5,8-9H2,1-3H3. The Bertz CT molecular complexity index is 668. The molecule has 0 aromatic carbocycles. The van der Waals surface area contributed by atoms with Crippen molar-refractivity contribution in [2.75, 3.05) is 32.4 Å². The summed E-state index contributed by atoms with van der Waals surface area (Å²) in [5.41, 5.74) is 0. The molecule has 1 atom stereocenters. The lowest BCUT2D eigenvalue weighted by Crippen LogP contribution is -2.29. The van der Waals surface area contributed by atoms with Crippen LogP contribution in [-0.2, 0) is 9.73 Å². The average Bonchev–Trinajstić information content (AvgIpc) is 3.18. The predicted octanol–water partition coefficient (Wildman–Crippen LogP) is 1.52. The predicted molar refractivity (Wildman–Crippen MR) is 84.4 cm³/mol.